The lowest BCUT2D eigenvalue weighted by atomic mass is 10.1. The molecule has 3 nitrogen and oxygen atoms in total. The molecular formula is C15H10BrFN2OS2. The monoisotopic (exact) mass is 396 g/mol. The largest absolute Gasteiger partial charge is 0.302 e. The minimum absolute atomic E-state index is 0.00780. The fourth-order valence-corrected chi connectivity index (χ4v) is 4.02. The summed E-state index contributed by atoms with van der Waals surface area (Å²) in [6.07, 6.45) is -0.00780. The second-order valence-electron chi connectivity index (χ2n) is 4.46. The van der Waals surface area contributed by atoms with E-state index < -0.39 is 0 Å². The molecule has 2 aromatic heterocycles. The number of benzene rings is 1. The van der Waals surface area contributed by atoms with Crippen LogP contribution in [0.4, 0.5) is 9.52 Å². The Labute approximate surface area is 143 Å². The Bertz CT molecular complexity index is 815. The van der Waals surface area contributed by atoms with Gasteiger partial charge in [-0.15, -0.1) is 22.7 Å². The van der Waals surface area contributed by atoms with Gasteiger partial charge in [0.25, 0.3) is 0 Å². The van der Waals surface area contributed by atoms with E-state index in [0.717, 1.165) is 14.4 Å². The van der Waals surface area contributed by atoms with Crippen LogP contribution >= 0.6 is 38.6 Å². The van der Waals surface area contributed by atoms with E-state index in [1.807, 2.05) is 17.5 Å². The molecule has 0 aliphatic heterocycles. The lowest BCUT2D eigenvalue weighted by Gasteiger charge is -2.03. The standard InChI is InChI=1S/C15H10BrFN2OS2/c16-13-6-5-12(22-13)11-8-21-15(18-11)19-14(20)7-9-3-1-2-4-10(9)17/h1-6,8H,7H2,(H,18,19,20). The predicted octanol–water partition coefficient (Wildman–Crippen LogP) is 4.95. The number of halogens is 2. The van der Waals surface area contributed by atoms with Crippen molar-refractivity contribution in [2.75, 3.05) is 5.32 Å². The zero-order chi connectivity index (χ0) is 15.5. The molecule has 0 bridgehead atoms. The molecule has 0 fully saturated rings. The van der Waals surface area contributed by atoms with E-state index >= 15 is 0 Å². The smallest absolute Gasteiger partial charge is 0.230 e. The van der Waals surface area contributed by atoms with Gasteiger partial charge in [0.05, 0.1) is 20.8 Å². The highest BCUT2D eigenvalue weighted by Crippen LogP contribution is 2.33. The van der Waals surface area contributed by atoms with Crippen LogP contribution in [0.1, 0.15) is 5.56 Å². The van der Waals surface area contributed by atoms with Crippen LogP contribution in [0.5, 0.6) is 0 Å². The zero-order valence-electron chi connectivity index (χ0n) is 11.2. The number of carbonyl (C=O) groups excluding carboxylic acids is 1. The molecule has 3 rings (SSSR count). The molecule has 2 heterocycles. The van der Waals surface area contributed by atoms with Gasteiger partial charge in [-0.05, 0) is 39.7 Å². The maximum Gasteiger partial charge on any atom is 0.230 e. The predicted molar refractivity (Wildman–Crippen MR) is 91.9 cm³/mol. The van der Waals surface area contributed by atoms with Crippen molar-refractivity contribution in [1.29, 1.82) is 0 Å². The van der Waals surface area contributed by atoms with Crippen LogP contribution in [0.15, 0.2) is 45.6 Å². The Kier molecular flexibility index (Phi) is 4.66. The number of carbonyl (C=O) groups is 1. The molecule has 7 heteroatoms. The summed E-state index contributed by atoms with van der Waals surface area (Å²) in [6.45, 7) is 0. The van der Waals surface area contributed by atoms with Gasteiger partial charge in [0.1, 0.15) is 5.82 Å². The number of nitrogens with zero attached hydrogens (tertiary/aromatic N) is 1. The lowest BCUT2D eigenvalue weighted by molar-refractivity contribution is -0.115. The van der Waals surface area contributed by atoms with Crippen molar-refractivity contribution < 1.29 is 9.18 Å². The second kappa shape index (κ2) is 6.68. The summed E-state index contributed by atoms with van der Waals surface area (Å²) < 4.78 is 14.5. The summed E-state index contributed by atoms with van der Waals surface area (Å²) >= 11 is 6.34. The molecule has 112 valence electrons. The molecule has 1 N–H and O–H groups in total. The number of rotatable bonds is 4. The summed E-state index contributed by atoms with van der Waals surface area (Å²) in [6, 6.07) is 10.2. The number of nitrogens with one attached hydrogen (secondary N) is 1. The first-order valence-corrected chi connectivity index (χ1v) is 8.85. The van der Waals surface area contributed by atoms with Crippen LogP contribution < -0.4 is 5.32 Å². The number of aromatic nitrogens is 1. The number of anilines is 1. The Balaban J connectivity index is 1.67. The fourth-order valence-electron chi connectivity index (χ4n) is 1.87. The van der Waals surface area contributed by atoms with Gasteiger partial charge in [-0.1, -0.05) is 18.2 Å². The third-order valence-electron chi connectivity index (χ3n) is 2.89. The molecule has 0 aliphatic carbocycles. The molecule has 0 saturated heterocycles. The molecule has 0 saturated carbocycles. The average molecular weight is 397 g/mol. The van der Waals surface area contributed by atoms with E-state index in [-0.39, 0.29) is 18.1 Å². The minimum atomic E-state index is -0.374. The van der Waals surface area contributed by atoms with E-state index in [9.17, 15) is 9.18 Å². The Morgan fingerprint density at radius 1 is 1.27 bits per heavy atom. The third-order valence-corrected chi connectivity index (χ3v) is 5.29. The van der Waals surface area contributed by atoms with Crippen LogP contribution in [0.2, 0.25) is 0 Å². The van der Waals surface area contributed by atoms with Gasteiger partial charge >= 0.3 is 0 Å². The molecule has 0 atom stereocenters. The molecule has 1 amide bonds. The maximum absolute atomic E-state index is 13.5. The highest BCUT2D eigenvalue weighted by molar-refractivity contribution is 9.11. The number of hydrogen-bond acceptors (Lipinski definition) is 4. The Morgan fingerprint density at radius 3 is 2.82 bits per heavy atom. The maximum atomic E-state index is 13.5. The normalized spacial score (nSPS) is 10.6. The number of amides is 1. The highest BCUT2D eigenvalue weighted by Gasteiger charge is 2.11. The Hall–Kier alpha value is -1.57. The van der Waals surface area contributed by atoms with E-state index in [2.05, 4.69) is 26.2 Å². The van der Waals surface area contributed by atoms with Gasteiger partial charge in [0, 0.05) is 5.38 Å². The van der Waals surface area contributed by atoms with Crippen LogP contribution in [-0.4, -0.2) is 10.9 Å². The summed E-state index contributed by atoms with van der Waals surface area (Å²) in [5.74, 6) is -0.653. The first kappa shape index (κ1) is 15.3. The van der Waals surface area contributed by atoms with Gasteiger partial charge in [-0.25, -0.2) is 9.37 Å². The molecule has 1 aromatic carbocycles. The van der Waals surface area contributed by atoms with Crippen molar-refractivity contribution in [1.82, 2.24) is 4.98 Å². The summed E-state index contributed by atoms with van der Waals surface area (Å²) in [5.41, 5.74) is 1.20. The summed E-state index contributed by atoms with van der Waals surface area (Å²) in [4.78, 5) is 17.4. The summed E-state index contributed by atoms with van der Waals surface area (Å²) in [7, 11) is 0. The topological polar surface area (TPSA) is 42.0 Å². The fraction of sp³-hybridized carbons (Fsp3) is 0.0667. The molecule has 0 unspecified atom stereocenters. The first-order chi connectivity index (χ1) is 10.6. The molecule has 0 aliphatic rings. The zero-order valence-corrected chi connectivity index (χ0v) is 14.4. The van der Waals surface area contributed by atoms with E-state index in [0.29, 0.717) is 10.7 Å². The van der Waals surface area contributed by atoms with Crippen LogP contribution in [0.25, 0.3) is 10.6 Å². The van der Waals surface area contributed by atoms with Crippen molar-refractivity contribution in [2.24, 2.45) is 0 Å². The van der Waals surface area contributed by atoms with Gasteiger partial charge in [0.2, 0.25) is 5.91 Å². The molecular weight excluding hydrogens is 387 g/mol. The minimum Gasteiger partial charge on any atom is -0.302 e. The van der Waals surface area contributed by atoms with Crippen molar-refractivity contribution in [3.05, 3.63) is 56.9 Å². The third kappa shape index (κ3) is 3.60. The molecule has 3 aromatic rings. The van der Waals surface area contributed by atoms with Gasteiger partial charge in [-0.2, -0.15) is 0 Å². The van der Waals surface area contributed by atoms with Crippen molar-refractivity contribution >= 4 is 49.6 Å². The Morgan fingerprint density at radius 2 is 2.09 bits per heavy atom. The first-order valence-electron chi connectivity index (χ1n) is 6.36. The average Bonchev–Trinajstić information content (AvgIpc) is 3.10. The van der Waals surface area contributed by atoms with Crippen LogP contribution in [-0.2, 0) is 11.2 Å². The van der Waals surface area contributed by atoms with Crippen molar-refractivity contribution in [3.63, 3.8) is 0 Å². The van der Waals surface area contributed by atoms with Gasteiger partial charge < -0.3 is 5.32 Å². The van der Waals surface area contributed by atoms with Crippen LogP contribution in [0.3, 0.4) is 0 Å². The quantitative estimate of drug-likeness (QED) is 0.677. The van der Waals surface area contributed by atoms with Gasteiger partial charge in [-0.3, -0.25) is 4.79 Å². The van der Waals surface area contributed by atoms with Crippen LogP contribution in [0, 0.1) is 5.82 Å². The lowest BCUT2D eigenvalue weighted by Crippen LogP contribution is -2.15. The van der Waals surface area contributed by atoms with E-state index in [4.69, 9.17) is 0 Å². The van der Waals surface area contributed by atoms with Crippen molar-refractivity contribution in [3.8, 4) is 10.6 Å². The van der Waals surface area contributed by atoms with E-state index in [1.165, 1.54) is 17.4 Å². The summed E-state index contributed by atoms with van der Waals surface area (Å²) in [5, 5.41) is 5.11. The highest BCUT2D eigenvalue weighted by atomic mass is 79.9. The molecule has 0 radical (unpaired) electrons. The van der Waals surface area contributed by atoms with E-state index in [1.54, 1.807) is 29.5 Å². The number of thiophene rings is 1. The number of hydrogen-bond donors (Lipinski definition) is 1. The van der Waals surface area contributed by atoms with Crippen molar-refractivity contribution in [2.45, 2.75) is 6.42 Å². The molecule has 22 heavy (non-hydrogen) atoms. The SMILES string of the molecule is O=C(Cc1ccccc1F)Nc1nc(-c2ccc(Br)s2)cs1. The van der Waals surface area contributed by atoms with Gasteiger partial charge in [0.15, 0.2) is 5.13 Å². The number of thiazole rings is 1. The molecule has 0 spiro atoms. The second-order valence-corrected chi connectivity index (χ2v) is 7.78.